The molecule has 0 aromatic carbocycles. The van der Waals surface area contributed by atoms with Crippen LogP contribution in [0.5, 0.6) is 0 Å². The van der Waals surface area contributed by atoms with Crippen LogP contribution in [-0.2, 0) is 11.3 Å². The molecule has 0 radical (unpaired) electrons. The minimum atomic E-state index is -0.771. The predicted octanol–water partition coefficient (Wildman–Crippen LogP) is 0.856. The highest BCUT2D eigenvalue weighted by molar-refractivity contribution is 5.77. The summed E-state index contributed by atoms with van der Waals surface area (Å²) in [7, 11) is 0. The SMILES string of the molecule is CCC1(C(=O)O)CCN(C(=O)NCc2ncon2)CC1. The zero-order valence-corrected chi connectivity index (χ0v) is 11.3. The van der Waals surface area contributed by atoms with E-state index in [0.29, 0.717) is 38.2 Å². The maximum Gasteiger partial charge on any atom is 0.317 e. The predicted molar refractivity (Wildman–Crippen MR) is 67.7 cm³/mol. The third-order valence-corrected chi connectivity index (χ3v) is 3.94. The number of hydrogen-bond donors (Lipinski definition) is 2. The molecule has 1 aromatic rings. The van der Waals surface area contributed by atoms with Gasteiger partial charge in [-0.15, -0.1) is 0 Å². The summed E-state index contributed by atoms with van der Waals surface area (Å²) >= 11 is 0. The number of carbonyl (C=O) groups excluding carboxylic acids is 1. The van der Waals surface area contributed by atoms with Gasteiger partial charge in [0.05, 0.1) is 12.0 Å². The fraction of sp³-hybridized carbons (Fsp3) is 0.667. The first kappa shape index (κ1) is 14.3. The number of aliphatic carboxylic acids is 1. The van der Waals surface area contributed by atoms with Crippen molar-refractivity contribution >= 4 is 12.0 Å². The van der Waals surface area contributed by atoms with Crippen molar-refractivity contribution in [2.45, 2.75) is 32.7 Å². The number of nitrogens with one attached hydrogen (secondary N) is 1. The van der Waals surface area contributed by atoms with Crippen LogP contribution in [0.25, 0.3) is 0 Å². The van der Waals surface area contributed by atoms with E-state index >= 15 is 0 Å². The quantitative estimate of drug-likeness (QED) is 0.847. The summed E-state index contributed by atoms with van der Waals surface area (Å²) in [6, 6.07) is -0.232. The molecular weight excluding hydrogens is 264 g/mol. The Labute approximate surface area is 116 Å². The summed E-state index contributed by atoms with van der Waals surface area (Å²) in [5.41, 5.74) is -0.690. The Morgan fingerprint density at radius 3 is 2.70 bits per heavy atom. The molecule has 8 heteroatoms. The van der Waals surface area contributed by atoms with Crippen molar-refractivity contribution in [1.82, 2.24) is 20.4 Å². The maximum absolute atomic E-state index is 11.9. The molecule has 0 aliphatic carbocycles. The third kappa shape index (κ3) is 2.89. The summed E-state index contributed by atoms with van der Waals surface area (Å²) in [5, 5.41) is 15.6. The number of hydrogen-bond acceptors (Lipinski definition) is 5. The van der Waals surface area contributed by atoms with Crippen LogP contribution in [0.2, 0.25) is 0 Å². The standard InChI is InChI=1S/C12H18N4O4/c1-2-12(10(17)18)3-5-16(6-4-12)11(19)13-7-9-14-8-20-15-9/h8H,2-7H2,1H3,(H,13,19)(H,17,18). The van der Waals surface area contributed by atoms with Gasteiger partial charge in [0.1, 0.15) is 0 Å². The van der Waals surface area contributed by atoms with Crippen LogP contribution in [0, 0.1) is 5.41 Å². The van der Waals surface area contributed by atoms with Crippen LogP contribution < -0.4 is 5.32 Å². The molecule has 1 aromatic heterocycles. The first-order valence-corrected chi connectivity index (χ1v) is 6.59. The van der Waals surface area contributed by atoms with Gasteiger partial charge in [-0.05, 0) is 19.3 Å². The Morgan fingerprint density at radius 1 is 1.50 bits per heavy atom. The number of carbonyl (C=O) groups is 2. The van der Waals surface area contributed by atoms with Crippen molar-refractivity contribution < 1.29 is 19.2 Å². The largest absolute Gasteiger partial charge is 0.481 e. The average Bonchev–Trinajstić information content (AvgIpc) is 2.98. The molecule has 2 rings (SSSR count). The number of carboxylic acids is 1. The summed E-state index contributed by atoms with van der Waals surface area (Å²) in [5.74, 6) is -0.365. The number of piperidine rings is 1. The minimum absolute atomic E-state index is 0.198. The van der Waals surface area contributed by atoms with E-state index in [2.05, 4.69) is 20.0 Å². The number of likely N-dealkylation sites (tertiary alicyclic amines) is 1. The first-order chi connectivity index (χ1) is 9.57. The van der Waals surface area contributed by atoms with E-state index in [9.17, 15) is 14.7 Å². The fourth-order valence-corrected chi connectivity index (χ4v) is 2.39. The Balaban J connectivity index is 1.84. The van der Waals surface area contributed by atoms with Gasteiger partial charge in [-0.25, -0.2) is 4.79 Å². The van der Waals surface area contributed by atoms with Gasteiger partial charge >= 0.3 is 12.0 Å². The van der Waals surface area contributed by atoms with Gasteiger partial charge in [-0.3, -0.25) is 4.79 Å². The Bertz CT molecular complexity index is 466. The number of rotatable bonds is 4. The fourth-order valence-electron chi connectivity index (χ4n) is 2.39. The third-order valence-electron chi connectivity index (χ3n) is 3.94. The molecule has 110 valence electrons. The number of carboxylic acid groups (broad SMARTS) is 1. The van der Waals surface area contributed by atoms with E-state index in [-0.39, 0.29) is 12.6 Å². The zero-order valence-electron chi connectivity index (χ0n) is 11.3. The second-order valence-corrected chi connectivity index (χ2v) is 4.93. The van der Waals surface area contributed by atoms with E-state index in [1.165, 1.54) is 6.39 Å². The Morgan fingerprint density at radius 2 is 2.20 bits per heavy atom. The molecule has 8 nitrogen and oxygen atoms in total. The molecule has 2 amide bonds. The smallest absolute Gasteiger partial charge is 0.317 e. The van der Waals surface area contributed by atoms with E-state index < -0.39 is 11.4 Å². The zero-order chi connectivity index (χ0) is 14.6. The Kier molecular flexibility index (Phi) is 4.21. The normalized spacial score (nSPS) is 17.8. The van der Waals surface area contributed by atoms with Crippen LogP contribution in [0.1, 0.15) is 32.0 Å². The van der Waals surface area contributed by atoms with Crippen LogP contribution in [0.4, 0.5) is 4.79 Å². The number of nitrogens with zero attached hydrogens (tertiary/aromatic N) is 3. The van der Waals surface area contributed by atoms with Gasteiger partial charge in [0, 0.05) is 13.1 Å². The lowest BCUT2D eigenvalue weighted by molar-refractivity contribution is -0.151. The summed E-state index contributed by atoms with van der Waals surface area (Å²) < 4.78 is 4.57. The minimum Gasteiger partial charge on any atom is -0.481 e. The molecule has 2 N–H and O–H groups in total. The van der Waals surface area contributed by atoms with Gasteiger partial charge in [0.15, 0.2) is 5.82 Å². The van der Waals surface area contributed by atoms with Crippen molar-refractivity contribution in [1.29, 1.82) is 0 Å². The van der Waals surface area contributed by atoms with E-state index in [4.69, 9.17) is 0 Å². The topological polar surface area (TPSA) is 109 Å². The number of aromatic nitrogens is 2. The van der Waals surface area contributed by atoms with Crippen molar-refractivity contribution in [3.05, 3.63) is 12.2 Å². The molecule has 20 heavy (non-hydrogen) atoms. The van der Waals surface area contributed by atoms with Gasteiger partial charge < -0.3 is 19.8 Å². The summed E-state index contributed by atoms with van der Waals surface area (Å²) in [4.78, 5) is 28.7. The van der Waals surface area contributed by atoms with Gasteiger partial charge in [-0.2, -0.15) is 4.98 Å². The highest BCUT2D eigenvalue weighted by Crippen LogP contribution is 2.35. The molecule has 1 fully saturated rings. The van der Waals surface area contributed by atoms with Crippen LogP contribution in [0.3, 0.4) is 0 Å². The number of urea groups is 1. The Hall–Kier alpha value is -2.12. The average molecular weight is 282 g/mol. The molecule has 2 heterocycles. The second-order valence-electron chi connectivity index (χ2n) is 4.93. The van der Waals surface area contributed by atoms with Gasteiger partial charge in [0.2, 0.25) is 6.39 Å². The molecule has 0 spiro atoms. The van der Waals surface area contributed by atoms with Crippen LogP contribution >= 0.6 is 0 Å². The second kappa shape index (κ2) is 5.89. The van der Waals surface area contributed by atoms with Crippen LogP contribution in [0.15, 0.2) is 10.9 Å². The molecular formula is C12H18N4O4. The maximum atomic E-state index is 11.9. The molecule has 1 aliphatic rings. The van der Waals surface area contributed by atoms with Crippen molar-refractivity contribution in [3.63, 3.8) is 0 Å². The van der Waals surface area contributed by atoms with E-state index in [1.54, 1.807) is 4.90 Å². The lowest BCUT2D eigenvalue weighted by atomic mass is 9.76. The van der Waals surface area contributed by atoms with Crippen molar-refractivity contribution in [2.75, 3.05) is 13.1 Å². The van der Waals surface area contributed by atoms with E-state index in [0.717, 1.165) is 0 Å². The van der Waals surface area contributed by atoms with Gasteiger partial charge in [0.25, 0.3) is 0 Å². The number of amides is 2. The summed E-state index contributed by atoms with van der Waals surface area (Å²) in [6.45, 7) is 2.96. The molecule has 0 unspecified atom stereocenters. The van der Waals surface area contributed by atoms with E-state index in [1.807, 2.05) is 6.92 Å². The molecule has 0 bridgehead atoms. The van der Waals surface area contributed by atoms with Crippen molar-refractivity contribution in [3.8, 4) is 0 Å². The van der Waals surface area contributed by atoms with Gasteiger partial charge in [-0.1, -0.05) is 12.1 Å². The summed E-state index contributed by atoms with van der Waals surface area (Å²) in [6.07, 6.45) is 2.74. The highest BCUT2D eigenvalue weighted by Gasteiger charge is 2.40. The molecule has 1 saturated heterocycles. The lowest BCUT2D eigenvalue weighted by Crippen LogP contribution is -2.49. The molecule has 0 saturated carbocycles. The monoisotopic (exact) mass is 282 g/mol. The first-order valence-electron chi connectivity index (χ1n) is 6.59. The lowest BCUT2D eigenvalue weighted by Gasteiger charge is -2.38. The molecule has 1 aliphatic heterocycles. The van der Waals surface area contributed by atoms with Crippen LogP contribution in [-0.4, -0.2) is 45.2 Å². The highest BCUT2D eigenvalue weighted by atomic mass is 16.5. The van der Waals surface area contributed by atoms with Crippen molar-refractivity contribution in [2.24, 2.45) is 5.41 Å². The molecule has 0 atom stereocenters.